The minimum atomic E-state index is -4.96. The fourth-order valence-corrected chi connectivity index (χ4v) is 13.0. The average molecular weight is 1670 g/mol. The van der Waals surface area contributed by atoms with Crippen molar-refractivity contribution < 1.29 is 75.8 Å². The SMILES string of the molecule is CC/C=C\C/C=C\C/C=C\C/C=C\C/C=C\C/C=C\CCCCCCCCCCCCC(=O)OCC(O)COP(=O)(O)OCC(O)COP(=O)(O)OCC(COC(=O)CCCCCCCCCCCC/C=C\C/C=C\C/C=C\C/C=C\C/C=C\C/C=C\CC)OC(=O)CCCCCC/C=C\C/C=C\C/C=C\C/C=C\C/C=C\C/C=C\CC. The Morgan fingerprint density at radius 3 is 0.675 bits per heavy atom. The van der Waals surface area contributed by atoms with Crippen molar-refractivity contribution in [2.75, 3.05) is 39.6 Å². The van der Waals surface area contributed by atoms with Gasteiger partial charge in [0.15, 0.2) is 6.10 Å². The maximum atomic E-state index is 13.1. The molecule has 18 heteroatoms. The van der Waals surface area contributed by atoms with Crippen molar-refractivity contribution in [1.29, 1.82) is 0 Å². The molecule has 662 valence electrons. The van der Waals surface area contributed by atoms with Gasteiger partial charge in [-0.2, -0.15) is 0 Å². The number of ether oxygens (including phenoxy) is 3. The van der Waals surface area contributed by atoms with Crippen LogP contribution in [0, 0.1) is 0 Å². The molecule has 0 saturated carbocycles. The monoisotopic (exact) mass is 1670 g/mol. The highest BCUT2D eigenvalue weighted by atomic mass is 31.2. The second-order valence-electron chi connectivity index (χ2n) is 29.3. The van der Waals surface area contributed by atoms with Crippen LogP contribution in [-0.4, -0.2) is 95.9 Å². The molecule has 0 spiro atoms. The van der Waals surface area contributed by atoms with E-state index in [1.54, 1.807) is 0 Å². The average Bonchev–Trinajstić information content (AvgIpc) is 0.904. The predicted molar refractivity (Wildman–Crippen MR) is 490 cm³/mol. The van der Waals surface area contributed by atoms with Crippen LogP contribution in [0.1, 0.15) is 329 Å². The fraction of sp³-hybridized carbons (Fsp3) is 0.606. The summed E-state index contributed by atoms with van der Waals surface area (Å²) < 4.78 is 61.4. The third-order valence-electron chi connectivity index (χ3n) is 18.2. The number of rotatable bonds is 83. The minimum Gasteiger partial charge on any atom is -0.463 e. The van der Waals surface area contributed by atoms with E-state index in [9.17, 15) is 43.5 Å². The molecule has 0 saturated heterocycles. The van der Waals surface area contributed by atoms with E-state index in [0.29, 0.717) is 19.3 Å². The number of carbonyl (C=O) groups excluding carboxylic acids is 3. The Kier molecular flexibility index (Phi) is 84.5. The van der Waals surface area contributed by atoms with Crippen LogP contribution in [0.4, 0.5) is 0 Å². The molecule has 0 aromatic rings. The molecular weight excluding hydrogens is 1510 g/mol. The molecule has 5 unspecified atom stereocenters. The van der Waals surface area contributed by atoms with Gasteiger partial charge in [-0.05, 0) is 173 Å². The molecule has 0 aliphatic carbocycles. The number of carbonyl (C=O) groups is 3. The zero-order valence-electron chi connectivity index (χ0n) is 72.8. The smallest absolute Gasteiger partial charge is 0.463 e. The van der Waals surface area contributed by atoms with E-state index in [2.05, 4.69) is 240 Å². The van der Waals surface area contributed by atoms with Crippen molar-refractivity contribution in [3.8, 4) is 0 Å². The van der Waals surface area contributed by atoms with Crippen molar-refractivity contribution in [2.45, 2.75) is 347 Å². The molecule has 0 aliphatic heterocycles. The molecule has 0 rings (SSSR count). The third kappa shape index (κ3) is 90.5. The Balaban J connectivity index is 4.71. The van der Waals surface area contributed by atoms with Crippen molar-refractivity contribution in [3.05, 3.63) is 219 Å². The highest BCUT2D eigenvalue weighted by Crippen LogP contribution is 2.45. The highest BCUT2D eigenvalue weighted by Gasteiger charge is 2.29. The van der Waals surface area contributed by atoms with Gasteiger partial charge in [-0.1, -0.05) is 355 Å². The van der Waals surface area contributed by atoms with Crippen LogP contribution in [0.2, 0.25) is 0 Å². The van der Waals surface area contributed by atoms with E-state index in [1.807, 2.05) is 0 Å². The van der Waals surface area contributed by atoms with Crippen molar-refractivity contribution >= 4 is 33.6 Å². The molecule has 0 amide bonds. The molecular formula is C99H160O16P2. The topological polar surface area (TPSA) is 231 Å². The standard InChI is InChI=1S/C99H160O16P2/c1-4-7-10-13-16-19-22-25-28-31-34-37-40-42-44-46-48-50-53-55-58-61-64-67-70-73-76-79-82-85-97(102)109-88-94(100)89-111-116(105,106)112-90-95(101)91-113-117(107,108)114-93-96(115-99(104)87-84-81-78-75-72-69-66-63-60-57-52-39-36-33-30-27-24-21-18-15-12-9-6-3)92-110-98(103)86-83-80-77-74-71-68-65-62-59-56-54-51-49-47-45-43-41-38-35-32-29-26-23-20-17-14-11-8-5-2/h7-12,16-21,25-30,34-39,42-45,48-51,57,60,66,69,94-96,100-101H,4-6,13-15,22-24,31-33,40-41,46-47,52-56,58-59,61-65,67-68,70-93H2,1-3H3,(H,105,106)(H,107,108)/b10-7-,11-8-,12-9-,19-16-,20-17-,21-18-,28-25-,29-26-,30-27-,37-34-,38-35-,39-36-,44-42-,45-43-,50-48-,51-49-,60-57-,69-66-. The molecule has 0 bridgehead atoms. The van der Waals surface area contributed by atoms with E-state index in [-0.39, 0.29) is 19.3 Å². The normalized spacial score (nSPS) is 14.8. The second-order valence-corrected chi connectivity index (χ2v) is 32.2. The molecule has 117 heavy (non-hydrogen) atoms. The number of hydrogen-bond acceptors (Lipinski definition) is 14. The Morgan fingerprint density at radius 1 is 0.239 bits per heavy atom. The van der Waals surface area contributed by atoms with Crippen LogP contribution < -0.4 is 0 Å². The first-order valence-corrected chi connectivity index (χ1v) is 48.0. The van der Waals surface area contributed by atoms with Gasteiger partial charge >= 0.3 is 33.6 Å². The molecule has 0 aromatic carbocycles. The number of esters is 3. The maximum absolute atomic E-state index is 13.1. The number of hydrogen-bond donors (Lipinski definition) is 4. The summed E-state index contributed by atoms with van der Waals surface area (Å²) in [6, 6.07) is 0. The highest BCUT2D eigenvalue weighted by molar-refractivity contribution is 7.47. The first kappa shape index (κ1) is 111. The Bertz CT molecular complexity index is 3010. The largest absolute Gasteiger partial charge is 0.472 e. The van der Waals surface area contributed by atoms with Crippen LogP contribution in [0.25, 0.3) is 0 Å². The number of phosphoric acid groups is 2. The maximum Gasteiger partial charge on any atom is 0.472 e. The lowest BCUT2D eigenvalue weighted by Crippen LogP contribution is -2.30. The van der Waals surface area contributed by atoms with E-state index in [0.717, 1.165) is 205 Å². The Hall–Kier alpha value is -6.13. The zero-order chi connectivity index (χ0) is 85.1. The summed E-state index contributed by atoms with van der Waals surface area (Å²) in [5.41, 5.74) is 0. The number of phosphoric ester groups is 2. The van der Waals surface area contributed by atoms with E-state index in [4.69, 9.17) is 32.3 Å². The summed E-state index contributed by atoms with van der Waals surface area (Å²) >= 11 is 0. The van der Waals surface area contributed by atoms with Crippen molar-refractivity contribution in [2.24, 2.45) is 0 Å². The molecule has 0 aliphatic rings. The van der Waals surface area contributed by atoms with Crippen molar-refractivity contribution in [3.63, 3.8) is 0 Å². The molecule has 0 heterocycles. The summed E-state index contributed by atoms with van der Waals surface area (Å²) in [6.45, 7) is 2.30. The van der Waals surface area contributed by atoms with Crippen LogP contribution >= 0.6 is 15.6 Å². The first-order valence-electron chi connectivity index (χ1n) is 45.0. The fourth-order valence-electron chi connectivity index (χ4n) is 11.5. The van der Waals surface area contributed by atoms with Gasteiger partial charge in [0.05, 0.1) is 26.4 Å². The quantitative estimate of drug-likeness (QED) is 0.0146. The van der Waals surface area contributed by atoms with E-state index in [1.165, 1.54) is 64.2 Å². The minimum absolute atomic E-state index is 0.0650. The number of allylic oxidation sites excluding steroid dienone is 36. The summed E-state index contributed by atoms with van der Waals surface area (Å²) in [4.78, 5) is 59.0. The lowest BCUT2D eigenvalue weighted by Gasteiger charge is -2.21. The van der Waals surface area contributed by atoms with Crippen LogP contribution in [0.5, 0.6) is 0 Å². The van der Waals surface area contributed by atoms with Gasteiger partial charge in [0, 0.05) is 19.3 Å². The van der Waals surface area contributed by atoms with Crippen LogP contribution in [0.3, 0.4) is 0 Å². The summed E-state index contributed by atoms with van der Waals surface area (Å²) in [5, 5.41) is 20.7. The summed E-state index contributed by atoms with van der Waals surface area (Å²) in [7, 11) is -9.84. The number of unbranched alkanes of at least 4 members (excludes halogenated alkanes) is 24. The second kappa shape index (κ2) is 89.1. The lowest BCUT2D eigenvalue weighted by molar-refractivity contribution is -0.161. The van der Waals surface area contributed by atoms with Crippen LogP contribution in [0.15, 0.2) is 219 Å². The number of aliphatic hydroxyl groups excluding tert-OH is 2. The summed E-state index contributed by atoms with van der Waals surface area (Å²) in [5.74, 6) is -1.62. The molecule has 5 atom stereocenters. The summed E-state index contributed by atoms with van der Waals surface area (Å²) in [6.07, 6.45) is 121. The van der Waals surface area contributed by atoms with Gasteiger partial charge in [-0.25, -0.2) is 9.13 Å². The van der Waals surface area contributed by atoms with Gasteiger partial charge in [0.1, 0.15) is 25.4 Å². The predicted octanol–water partition coefficient (Wildman–Crippen LogP) is 27.8. The van der Waals surface area contributed by atoms with Crippen molar-refractivity contribution in [1.82, 2.24) is 0 Å². The molecule has 4 N–H and O–H groups in total. The Labute approximate surface area is 711 Å². The lowest BCUT2D eigenvalue weighted by atomic mass is 10.1. The van der Waals surface area contributed by atoms with E-state index < -0.39 is 91.5 Å². The van der Waals surface area contributed by atoms with E-state index >= 15 is 0 Å². The van der Waals surface area contributed by atoms with Gasteiger partial charge in [0.25, 0.3) is 0 Å². The van der Waals surface area contributed by atoms with Gasteiger partial charge in [-0.3, -0.25) is 32.5 Å². The molecule has 0 aromatic heterocycles. The van der Waals surface area contributed by atoms with Gasteiger partial charge < -0.3 is 34.2 Å². The first-order chi connectivity index (χ1) is 57.2. The molecule has 0 fully saturated rings. The molecule has 16 nitrogen and oxygen atoms in total. The zero-order valence-corrected chi connectivity index (χ0v) is 74.6. The molecule has 0 radical (unpaired) electrons. The Morgan fingerprint density at radius 2 is 0.427 bits per heavy atom. The van der Waals surface area contributed by atoms with Gasteiger partial charge in [0.2, 0.25) is 0 Å². The third-order valence-corrected chi connectivity index (χ3v) is 20.1. The number of aliphatic hydroxyl groups is 2. The van der Waals surface area contributed by atoms with Gasteiger partial charge in [-0.15, -0.1) is 0 Å². The van der Waals surface area contributed by atoms with Crippen LogP contribution in [-0.2, 0) is 55.8 Å².